The van der Waals surface area contributed by atoms with E-state index in [0.717, 1.165) is 37.0 Å². The summed E-state index contributed by atoms with van der Waals surface area (Å²) in [5.74, 6) is -0.221. The van der Waals surface area contributed by atoms with Crippen LogP contribution in [-0.2, 0) is 0 Å². The molecule has 4 aromatic rings. The molecule has 3 heterocycles. The first kappa shape index (κ1) is 19.6. The Balaban J connectivity index is 1.54. The van der Waals surface area contributed by atoms with E-state index in [1.165, 1.54) is 0 Å². The van der Waals surface area contributed by atoms with Gasteiger partial charge in [-0.15, -0.1) is 0 Å². The minimum atomic E-state index is -0.414. The zero-order valence-corrected chi connectivity index (χ0v) is 18.8. The van der Waals surface area contributed by atoms with Crippen molar-refractivity contribution in [2.75, 3.05) is 0 Å². The Morgan fingerprint density at radius 1 is 1.17 bits per heavy atom. The van der Waals surface area contributed by atoms with Crippen molar-refractivity contribution in [3.63, 3.8) is 0 Å². The monoisotopic (exact) mass is 514 g/mol. The number of furan rings is 1. The number of nitrogens with zero attached hydrogens (tertiary/aromatic N) is 3. The predicted molar refractivity (Wildman–Crippen MR) is 120 cm³/mol. The number of rotatable bonds is 4. The van der Waals surface area contributed by atoms with Gasteiger partial charge in [-0.3, -0.25) is 9.78 Å². The second-order valence-electron chi connectivity index (χ2n) is 6.48. The van der Waals surface area contributed by atoms with E-state index in [1.807, 2.05) is 44.2 Å². The zero-order valence-electron chi connectivity index (χ0n) is 15.6. The first-order valence-electron chi connectivity index (χ1n) is 8.75. The van der Waals surface area contributed by atoms with E-state index in [9.17, 15) is 4.79 Å². The molecule has 0 aliphatic rings. The van der Waals surface area contributed by atoms with Gasteiger partial charge in [0.15, 0.2) is 5.76 Å². The summed E-state index contributed by atoms with van der Waals surface area (Å²) < 4.78 is 9.44. The molecular weight excluding hydrogens is 500 g/mol. The van der Waals surface area contributed by atoms with E-state index >= 15 is 0 Å². The summed E-state index contributed by atoms with van der Waals surface area (Å²) in [4.78, 5) is 16.5. The van der Waals surface area contributed by atoms with Crippen LogP contribution in [0.5, 0.6) is 0 Å². The lowest BCUT2D eigenvalue weighted by Gasteiger charge is -2.08. The SMILES string of the molecule is Cc1cc(/C=N\NC(=O)c2cc3cc(Br)cc(Br)c3o2)c(C)n1-c1ccncc1. The number of carbonyl (C=O) groups is 1. The van der Waals surface area contributed by atoms with Gasteiger partial charge in [0.05, 0.1) is 10.7 Å². The Labute approximate surface area is 183 Å². The summed E-state index contributed by atoms with van der Waals surface area (Å²) in [5, 5.41) is 4.93. The van der Waals surface area contributed by atoms with Crippen molar-refractivity contribution >= 4 is 55.0 Å². The molecule has 0 radical (unpaired) electrons. The zero-order chi connectivity index (χ0) is 20.5. The number of hydrogen-bond acceptors (Lipinski definition) is 4. The summed E-state index contributed by atoms with van der Waals surface area (Å²) >= 11 is 6.87. The highest BCUT2D eigenvalue weighted by atomic mass is 79.9. The molecule has 0 atom stereocenters. The predicted octanol–water partition coefficient (Wildman–Crippen LogP) is 5.52. The van der Waals surface area contributed by atoms with Gasteiger partial charge in [0, 0.05) is 44.9 Å². The molecule has 1 aromatic carbocycles. The van der Waals surface area contributed by atoms with Crippen LogP contribution >= 0.6 is 31.9 Å². The minimum absolute atomic E-state index is 0.193. The number of amides is 1. The maximum atomic E-state index is 12.4. The molecule has 29 heavy (non-hydrogen) atoms. The molecule has 0 bridgehead atoms. The lowest BCUT2D eigenvalue weighted by molar-refractivity contribution is 0.0929. The maximum absolute atomic E-state index is 12.4. The van der Waals surface area contributed by atoms with Crippen molar-refractivity contribution in [2.24, 2.45) is 5.10 Å². The van der Waals surface area contributed by atoms with E-state index in [4.69, 9.17) is 4.42 Å². The highest BCUT2D eigenvalue weighted by molar-refractivity contribution is 9.11. The molecule has 0 saturated heterocycles. The smallest absolute Gasteiger partial charge is 0.307 e. The van der Waals surface area contributed by atoms with Crippen molar-refractivity contribution in [3.05, 3.63) is 80.4 Å². The van der Waals surface area contributed by atoms with Gasteiger partial charge in [-0.25, -0.2) is 5.43 Å². The lowest BCUT2D eigenvalue weighted by atomic mass is 10.2. The largest absolute Gasteiger partial charge is 0.450 e. The third-order valence-corrected chi connectivity index (χ3v) is 5.57. The van der Waals surface area contributed by atoms with Crippen molar-refractivity contribution in [1.82, 2.24) is 15.0 Å². The van der Waals surface area contributed by atoms with Crippen LogP contribution < -0.4 is 5.43 Å². The number of fused-ring (bicyclic) bond motifs is 1. The van der Waals surface area contributed by atoms with Crippen molar-refractivity contribution < 1.29 is 9.21 Å². The molecule has 146 valence electrons. The number of aromatic nitrogens is 2. The van der Waals surface area contributed by atoms with Crippen LogP contribution in [0, 0.1) is 13.8 Å². The molecule has 0 unspecified atom stereocenters. The number of aryl methyl sites for hydroxylation is 1. The summed E-state index contributed by atoms with van der Waals surface area (Å²) in [7, 11) is 0. The van der Waals surface area contributed by atoms with Gasteiger partial charge >= 0.3 is 5.91 Å². The summed E-state index contributed by atoms with van der Waals surface area (Å²) in [6.45, 7) is 4.03. The first-order chi connectivity index (χ1) is 13.9. The van der Waals surface area contributed by atoms with Crippen LogP contribution in [0.2, 0.25) is 0 Å². The van der Waals surface area contributed by atoms with E-state index in [0.29, 0.717) is 5.58 Å². The minimum Gasteiger partial charge on any atom is -0.450 e. The second-order valence-corrected chi connectivity index (χ2v) is 8.25. The van der Waals surface area contributed by atoms with Gasteiger partial charge in [0.1, 0.15) is 5.58 Å². The average molecular weight is 516 g/mol. The topological polar surface area (TPSA) is 72.4 Å². The maximum Gasteiger partial charge on any atom is 0.307 e. The highest BCUT2D eigenvalue weighted by Crippen LogP contribution is 2.31. The number of pyridine rings is 1. The third kappa shape index (κ3) is 3.90. The van der Waals surface area contributed by atoms with E-state index in [1.54, 1.807) is 24.7 Å². The van der Waals surface area contributed by atoms with Gasteiger partial charge < -0.3 is 8.98 Å². The van der Waals surface area contributed by atoms with Crippen LogP contribution in [0.25, 0.3) is 16.7 Å². The molecule has 1 amide bonds. The average Bonchev–Trinajstić information content (AvgIpc) is 3.23. The summed E-state index contributed by atoms with van der Waals surface area (Å²) in [6.07, 6.45) is 5.14. The lowest BCUT2D eigenvalue weighted by Crippen LogP contribution is -2.16. The number of benzene rings is 1. The summed E-state index contributed by atoms with van der Waals surface area (Å²) in [5.41, 5.74) is 7.16. The van der Waals surface area contributed by atoms with Crippen LogP contribution in [0.1, 0.15) is 27.5 Å². The molecule has 3 aromatic heterocycles. The highest BCUT2D eigenvalue weighted by Gasteiger charge is 2.14. The molecule has 0 aliphatic heterocycles. The molecule has 0 spiro atoms. The standard InChI is InChI=1S/C21H16Br2N4O2/c1-12-7-15(13(2)27(12)17-3-5-24-6-4-17)11-25-26-21(28)19-9-14-8-16(22)10-18(23)20(14)29-19/h3-11H,1-2H3,(H,26,28)/b25-11-. The molecule has 1 N–H and O–H groups in total. The fourth-order valence-electron chi connectivity index (χ4n) is 3.21. The number of hydrazone groups is 1. The van der Waals surface area contributed by atoms with E-state index < -0.39 is 5.91 Å². The van der Waals surface area contributed by atoms with Crippen LogP contribution in [0.3, 0.4) is 0 Å². The van der Waals surface area contributed by atoms with Gasteiger partial charge in [0.25, 0.3) is 0 Å². The number of hydrogen-bond donors (Lipinski definition) is 1. The van der Waals surface area contributed by atoms with Crippen molar-refractivity contribution in [2.45, 2.75) is 13.8 Å². The molecule has 0 aliphatic carbocycles. The number of halogens is 2. The van der Waals surface area contributed by atoms with Crippen LogP contribution in [-0.4, -0.2) is 21.7 Å². The molecule has 0 fully saturated rings. The van der Waals surface area contributed by atoms with Gasteiger partial charge in [-0.2, -0.15) is 5.10 Å². The van der Waals surface area contributed by atoms with E-state index in [-0.39, 0.29) is 5.76 Å². The second kappa shape index (κ2) is 7.96. The Morgan fingerprint density at radius 2 is 1.93 bits per heavy atom. The van der Waals surface area contributed by atoms with Crippen LogP contribution in [0.4, 0.5) is 0 Å². The number of carbonyl (C=O) groups excluding carboxylic acids is 1. The third-order valence-electron chi connectivity index (χ3n) is 4.52. The van der Waals surface area contributed by atoms with Crippen LogP contribution in [0.15, 0.2) is 67.3 Å². The van der Waals surface area contributed by atoms with Gasteiger partial charge in [0.2, 0.25) is 0 Å². The fourth-order valence-corrected chi connectivity index (χ4v) is 4.55. The Morgan fingerprint density at radius 3 is 2.69 bits per heavy atom. The Kier molecular flexibility index (Phi) is 5.38. The van der Waals surface area contributed by atoms with E-state index in [2.05, 4.69) is 51.9 Å². The quantitative estimate of drug-likeness (QED) is 0.287. The molecule has 0 saturated carbocycles. The summed E-state index contributed by atoms with van der Waals surface area (Å²) in [6, 6.07) is 11.3. The molecule has 6 nitrogen and oxygen atoms in total. The van der Waals surface area contributed by atoms with Crippen molar-refractivity contribution in [1.29, 1.82) is 0 Å². The Hall–Kier alpha value is -2.71. The number of nitrogens with one attached hydrogen (secondary N) is 1. The Bertz CT molecular complexity index is 1240. The molecule has 8 heteroatoms. The molecule has 4 rings (SSSR count). The van der Waals surface area contributed by atoms with Gasteiger partial charge in [-0.1, -0.05) is 15.9 Å². The van der Waals surface area contributed by atoms with Gasteiger partial charge in [-0.05, 0) is 66.2 Å². The normalized spacial score (nSPS) is 11.4. The fraction of sp³-hybridized carbons (Fsp3) is 0.0952. The molecular formula is C21H16Br2N4O2. The van der Waals surface area contributed by atoms with Crippen molar-refractivity contribution in [3.8, 4) is 5.69 Å². The first-order valence-corrected chi connectivity index (χ1v) is 10.3.